The molecule has 2 unspecified atom stereocenters. The fraction of sp³-hybridized carbons (Fsp3) is 0.526. The van der Waals surface area contributed by atoms with Crippen molar-refractivity contribution in [2.45, 2.75) is 64.7 Å². The number of nitrogen functional groups attached to an aromatic ring is 1. The maximum Gasteiger partial charge on any atom is 0.233 e. The number of amides is 1. The highest BCUT2D eigenvalue weighted by Crippen LogP contribution is 2.23. The van der Waals surface area contributed by atoms with Gasteiger partial charge in [-0.25, -0.2) is 4.68 Å². The number of nitrogens with zero attached hydrogens (tertiary/aromatic N) is 4. The third-order valence-electron chi connectivity index (χ3n) is 4.72. The van der Waals surface area contributed by atoms with Crippen molar-refractivity contribution < 1.29 is 4.79 Å². The Labute approximate surface area is 160 Å². The maximum atomic E-state index is 12.7. The molecule has 0 saturated heterocycles. The van der Waals surface area contributed by atoms with Gasteiger partial charge >= 0.3 is 0 Å². The maximum absolute atomic E-state index is 12.7. The molecule has 1 aromatic carbocycles. The average Bonchev–Trinajstić information content (AvgIpc) is 3.01. The van der Waals surface area contributed by atoms with Gasteiger partial charge in [-0.05, 0) is 33.6 Å². The molecule has 0 bridgehead atoms. The number of aryl methyl sites for hydroxylation is 1. The van der Waals surface area contributed by atoms with Gasteiger partial charge in [0, 0.05) is 17.6 Å². The first-order chi connectivity index (χ1) is 12.4. The van der Waals surface area contributed by atoms with Crippen molar-refractivity contribution in [2.75, 3.05) is 11.6 Å². The van der Waals surface area contributed by atoms with Crippen LogP contribution in [0.1, 0.15) is 46.1 Å². The highest BCUT2D eigenvalue weighted by molar-refractivity contribution is 7.99. The van der Waals surface area contributed by atoms with E-state index >= 15 is 0 Å². The molecule has 0 aliphatic rings. The summed E-state index contributed by atoms with van der Waals surface area (Å²) in [6.07, 6.45) is 1.87. The van der Waals surface area contributed by atoms with Gasteiger partial charge in [-0.15, -0.1) is 10.2 Å². The van der Waals surface area contributed by atoms with Gasteiger partial charge in [0.2, 0.25) is 11.1 Å². The van der Waals surface area contributed by atoms with Crippen molar-refractivity contribution in [1.82, 2.24) is 19.8 Å². The van der Waals surface area contributed by atoms with Crippen LogP contribution in [0.25, 0.3) is 11.4 Å². The molecule has 0 aliphatic carbocycles. The highest BCUT2D eigenvalue weighted by atomic mass is 32.2. The van der Waals surface area contributed by atoms with E-state index in [0.717, 1.165) is 18.4 Å². The van der Waals surface area contributed by atoms with Crippen LogP contribution in [0.3, 0.4) is 0 Å². The second-order valence-electron chi connectivity index (χ2n) is 6.65. The summed E-state index contributed by atoms with van der Waals surface area (Å²) in [5, 5.41) is 8.88. The molecule has 0 fully saturated rings. The normalized spacial score (nSPS) is 13.4. The molecule has 7 heteroatoms. The third kappa shape index (κ3) is 4.58. The Balaban J connectivity index is 2.09. The molecule has 26 heavy (non-hydrogen) atoms. The van der Waals surface area contributed by atoms with Crippen LogP contribution in [0.2, 0.25) is 0 Å². The van der Waals surface area contributed by atoms with E-state index in [4.69, 9.17) is 5.84 Å². The molecule has 2 atom stereocenters. The fourth-order valence-corrected chi connectivity index (χ4v) is 3.52. The molecule has 2 rings (SSSR count). The third-order valence-corrected chi connectivity index (χ3v) is 5.65. The van der Waals surface area contributed by atoms with E-state index in [1.54, 1.807) is 0 Å². The van der Waals surface area contributed by atoms with Gasteiger partial charge in [0.25, 0.3) is 0 Å². The van der Waals surface area contributed by atoms with Gasteiger partial charge < -0.3 is 10.7 Å². The predicted molar refractivity (Wildman–Crippen MR) is 107 cm³/mol. The number of nitrogens with two attached hydrogens (primary N) is 1. The van der Waals surface area contributed by atoms with Crippen LogP contribution >= 0.6 is 11.8 Å². The molecule has 0 radical (unpaired) electrons. The molecule has 1 amide bonds. The average molecular weight is 376 g/mol. The van der Waals surface area contributed by atoms with Crippen molar-refractivity contribution in [3.05, 3.63) is 29.8 Å². The van der Waals surface area contributed by atoms with E-state index in [-0.39, 0.29) is 18.0 Å². The number of aromatic nitrogens is 3. The lowest BCUT2D eigenvalue weighted by Crippen LogP contribution is -2.45. The van der Waals surface area contributed by atoms with Gasteiger partial charge in [-0.2, -0.15) is 0 Å². The summed E-state index contributed by atoms with van der Waals surface area (Å²) < 4.78 is 1.46. The minimum Gasteiger partial charge on any atom is -0.337 e. The molecule has 0 saturated carbocycles. The van der Waals surface area contributed by atoms with E-state index in [0.29, 0.717) is 16.7 Å². The summed E-state index contributed by atoms with van der Waals surface area (Å²) in [5.41, 5.74) is 2.08. The van der Waals surface area contributed by atoms with Crippen LogP contribution in [-0.2, 0) is 4.79 Å². The number of carbonyl (C=O) groups excluding carboxylic acids is 1. The minimum absolute atomic E-state index is 0.110. The fourth-order valence-electron chi connectivity index (χ4n) is 2.80. The Kier molecular flexibility index (Phi) is 7.08. The van der Waals surface area contributed by atoms with Crippen LogP contribution in [0.15, 0.2) is 29.4 Å². The Morgan fingerprint density at radius 3 is 2.27 bits per heavy atom. The molecule has 142 valence electrons. The van der Waals surface area contributed by atoms with Crippen molar-refractivity contribution in [3.8, 4) is 11.4 Å². The Hall–Kier alpha value is -2.02. The topological polar surface area (TPSA) is 77.0 Å². The van der Waals surface area contributed by atoms with Crippen LogP contribution in [0.4, 0.5) is 0 Å². The van der Waals surface area contributed by atoms with E-state index in [9.17, 15) is 4.79 Å². The van der Waals surface area contributed by atoms with Crippen molar-refractivity contribution in [2.24, 2.45) is 0 Å². The molecular formula is C19H29N5OS. The van der Waals surface area contributed by atoms with E-state index in [1.807, 2.05) is 36.1 Å². The quantitative estimate of drug-likeness (QED) is 0.564. The Morgan fingerprint density at radius 2 is 1.73 bits per heavy atom. The molecule has 0 spiro atoms. The molecule has 6 nitrogen and oxygen atoms in total. The van der Waals surface area contributed by atoms with Gasteiger partial charge in [-0.3, -0.25) is 4.79 Å². The largest absolute Gasteiger partial charge is 0.337 e. The van der Waals surface area contributed by atoms with Crippen LogP contribution in [-0.4, -0.2) is 43.5 Å². The molecule has 2 N–H and O–H groups in total. The summed E-state index contributed by atoms with van der Waals surface area (Å²) >= 11 is 1.33. The zero-order valence-corrected chi connectivity index (χ0v) is 17.1. The molecule has 0 aliphatic heterocycles. The molecule has 1 heterocycles. The van der Waals surface area contributed by atoms with Crippen LogP contribution in [0, 0.1) is 6.92 Å². The monoisotopic (exact) mass is 375 g/mol. The summed E-state index contributed by atoms with van der Waals surface area (Å²) in [7, 11) is 0. The smallest absolute Gasteiger partial charge is 0.233 e. The van der Waals surface area contributed by atoms with Crippen LogP contribution in [0.5, 0.6) is 0 Å². The zero-order chi connectivity index (χ0) is 19.3. The Morgan fingerprint density at radius 1 is 1.15 bits per heavy atom. The highest BCUT2D eigenvalue weighted by Gasteiger charge is 2.24. The number of hydrogen-bond donors (Lipinski definition) is 1. The van der Waals surface area contributed by atoms with E-state index in [1.165, 1.54) is 22.0 Å². The number of thioether (sulfide) groups is 1. The molecule has 1 aromatic heterocycles. The number of hydrogen-bond acceptors (Lipinski definition) is 5. The first kappa shape index (κ1) is 20.3. The van der Waals surface area contributed by atoms with E-state index < -0.39 is 0 Å². The first-order valence-corrected chi connectivity index (χ1v) is 10.1. The predicted octanol–water partition coefficient (Wildman–Crippen LogP) is 3.49. The van der Waals surface area contributed by atoms with Crippen molar-refractivity contribution >= 4 is 17.7 Å². The van der Waals surface area contributed by atoms with Gasteiger partial charge in [0.15, 0.2) is 5.82 Å². The van der Waals surface area contributed by atoms with E-state index in [2.05, 4.69) is 37.9 Å². The molecule has 2 aromatic rings. The lowest BCUT2D eigenvalue weighted by atomic mass is 10.1. The summed E-state index contributed by atoms with van der Waals surface area (Å²) in [6, 6.07) is 8.40. The van der Waals surface area contributed by atoms with Gasteiger partial charge in [-0.1, -0.05) is 55.4 Å². The lowest BCUT2D eigenvalue weighted by molar-refractivity contribution is -0.132. The van der Waals surface area contributed by atoms with Crippen LogP contribution < -0.4 is 5.84 Å². The summed E-state index contributed by atoms with van der Waals surface area (Å²) in [5.74, 6) is 7.16. The number of benzene rings is 1. The second-order valence-corrected chi connectivity index (χ2v) is 7.59. The van der Waals surface area contributed by atoms with Crippen molar-refractivity contribution in [1.29, 1.82) is 0 Å². The van der Waals surface area contributed by atoms with Gasteiger partial charge in [0.1, 0.15) is 0 Å². The van der Waals surface area contributed by atoms with Crippen molar-refractivity contribution in [3.63, 3.8) is 0 Å². The second kappa shape index (κ2) is 9.07. The Bertz CT molecular complexity index is 718. The first-order valence-electron chi connectivity index (χ1n) is 9.10. The zero-order valence-electron chi connectivity index (χ0n) is 16.3. The standard InChI is InChI=1S/C19H29N5OS/c1-6-14(4)23(15(5)7-2)17(25)12-26-19-22-21-18(24(19)20)16-10-8-13(3)9-11-16/h8-11,14-15H,6-7,12,20H2,1-5H3. The number of rotatable bonds is 8. The SMILES string of the molecule is CCC(C)N(C(=O)CSc1nnc(-c2ccc(C)cc2)n1N)C(C)CC. The lowest BCUT2D eigenvalue weighted by Gasteiger charge is -2.34. The molecular weight excluding hydrogens is 346 g/mol. The summed E-state index contributed by atoms with van der Waals surface area (Å²) in [4.78, 5) is 14.7. The number of carbonyl (C=O) groups is 1. The van der Waals surface area contributed by atoms with Gasteiger partial charge in [0.05, 0.1) is 5.75 Å². The minimum atomic E-state index is 0.110. The summed E-state index contributed by atoms with van der Waals surface area (Å²) in [6.45, 7) is 10.4.